The number of carbonyl (C=O) groups excluding carboxylic acids is 1. The molecule has 0 aliphatic rings. The smallest absolute Gasteiger partial charge is 0.408 e. The van der Waals surface area contributed by atoms with E-state index in [1.54, 1.807) is 0 Å². The highest BCUT2D eigenvalue weighted by atomic mass is 35.5. The van der Waals surface area contributed by atoms with Crippen molar-refractivity contribution in [2.45, 2.75) is 45.2 Å². The molecule has 1 N–H and O–H groups in total. The number of ether oxygens (including phenoxy) is 1. The fourth-order valence-electron chi connectivity index (χ4n) is 1.46. The number of rotatable bonds is 3. The minimum Gasteiger partial charge on any atom is -0.444 e. The van der Waals surface area contributed by atoms with Gasteiger partial charge in [-0.25, -0.2) is 4.79 Å². The summed E-state index contributed by atoms with van der Waals surface area (Å²) in [4.78, 5) is 11.6. The van der Waals surface area contributed by atoms with E-state index < -0.39 is 11.7 Å². The maximum atomic E-state index is 11.6. The number of hydrogen-bond donors (Lipinski definition) is 1. The average molecular weight is 270 g/mol. The molecule has 1 rings (SSSR count). The maximum Gasteiger partial charge on any atom is 0.408 e. The normalized spacial score (nSPS) is 12.9. The molecular formula is C14H20ClNO2. The summed E-state index contributed by atoms with van der Waals surface area (Å²) in [6.45, 7) is 7.44. The summed E-state index contributed by atoms with van der Waals surface area (Å²) in [6, 6.07) is 7.73. The minimum absolute atomic E-state index is 0.0933. The van der Waals surface area contributed by atoms with Gasteiger partial charge in [0.05, 0.1) is 6.04 Å². The van der Waals surface area contributed by atoms with E-state index in [4.69, 9.17) is 16.3 Å². The Morgan fingerprint density at radius 2 is 1.89 bits per heavy atom. The van der Waals surface area contributed by atoms with Gasteiger partial charge in [-0.2, -0.15) is 0 Å². The van der Waals surface area contributed by atoms with Crippen molar-refractivity contribution in [2.24, 2.45) is 0 Å². The molecule has 100 valence electrons. The first-order chi connectivity index (χ1) is 8.31. The largest absolute Gasteiger partial charge is 0.444 e. The zero-order valence-electron chi connectivity index (χ0n) is 11.3. The Labute approximate surface area is 113 Å². The molecule has 0 fully saturated rings. The molecule has 3 nitrogen and oxygen atoms in total. The predicted molar refractivity (Wildman–Crippen MR) is 73.8 cm³/mol. The van der Waals surface area contributed by atoms with Crippen molar-refractivity contribution in [1.29, 1.82) is 0 Å². The molecule has 1 atom stereocenters. The molecule has 4 heteroatoms. The SMILES string of the molecule is CC(NC(=O)OC(C)(C)C)c1ccc(CCl)cc1. The van der Waals surface area contributed by atoms with Crippen molar-refractivity contribution in [2.75, 3.05) is 0 Å². The molecule has 0 bridgehead atoms. The lowest BCUT2D eigenvalue weighted by Gasteiger charge is -2.22. The van der Waals surface area contributed by atoms with E-state index in [1.165, 1.54) is 0 Å². The number of carbonyl (C=O) groups is 1. The Balaban J connectivity index is 2.59. The van der Waals surface area contributed by atoms with Crippen LogP contribution in [0.15, 0.2) is 24.3 Å². The summed E-state index contributed by atoms with van der Waals surface area (Å²) in [7, 11) is 0. The van der Waals surface area contributed by atoms with E-state index in [1.807, 2.05) is 52.0 Å². The first-order valence-electron chi connectivity index (χ1n) is 5.96. The van der Waals surface area contributed by atoms with Gasteiger partial charge < -0.3 is 10.1 Å². The summed E-state index contributed by atoms with van der Waals surface area (Å²) in [5.41, 5.74) is 1.60. The lowest BCUT2D eigenvalue weighted by Crippen LogP contribution is -2.34. The van der Waals surface area contributed by atoms with Gasteiger partial charge in [-0.15, -0.1) is 11.6 Å². The Kier molecular flexibility index (Phi) is 5.03. The van der Waals surface area contributed by atoms with Gasteiger partial charge in [0.15, 0.2) is 0 Å². The average Bonchev–Trinajstić information content (AvgIpc) is 2.26. The number of hydrogen-bond acceptors (Lipinski definition) is 2. The molecule has 1 unspecified atom stereocenters. The zero-order valence-corrected chi connectivity index (χ0v) is 12.0. The van der Waals surface area contributed by atoms with Crippen molar-refractivity contribution in [3.63, 3.8) is 0 Å². The second kappa shape index (κ2) is 6.10. The highest BCUT2D eigenvalue weighted by molar-refractivity contribution is 6.17. The van der Waals surface area contributed by atoms with Gasteiger partial charge in [-0.1, -0.05) is 24.3 Å². The highest BCUT2D eigenvalue weighted by Crippen LogP contribution is 2.15. The van der Waals surface area contributed by atoms with Gasteiger partial charge in [0.1, 0.15) is 5.60 Å². The second-order valence-corrected chi connectivity index (χ2v) is 5.51. The van der Waals surface area contributed by atoms with Crippen molar-refractivity contribution < 1.29 is 9.53 Å². The van der Waals surface area contributed by atoms with Crippen LogP contribution in [-0.4, -0.2) is 11.7 Å². The monoisotopic (exact) mass is 269 g/mol. The van der Waals surface area contributed by atoms with E-state index in [-0.39, 0.29) is 6.04 Å². The summed E-state index contributed by atoms with van der Waals surface area (Å²) in [6.07, 6.45) is -0.406. The van der Waals surface area contributed by atoms with Crippen molar-refractivity contribution in [1.82, 2.24) is 5.32 Å². The predicted octanol–water partition coefficient (Wildman–Crippen LogP) is 4.01. The fourth-order valence-corrected chi connectivity index (χ4v) is 1.64. The zero-order chi connectivity index (χ0) is 13.8. The molecule has 0 spiro atoms. The number of alkyl carbamates (subject to hydrolysis) is 1. The highest BCUT2D eigenvalue weighted by Gasteiger charge is 2.18. The van der Waals surface area contributed by atoms with E-state index in [9.17, 15) is 4.79 Å². The maximum absolute atomic E-state index is 11.6. The molecule has 1 aromatic rings. The molecule has 0 saturated heterocycles. The standard InChI is InChI=1S/C14H20ClNO2/c1-10(16-13(17)18-14(2,3)4)12-7-5-11(9-15)6-8-12/h5-8,10H,9H2,1-4H3,(H,16,17). The van der Waals surface area contributed by atoms with Gasteiger partial charge >= 0.3 is 6.09 Å². The van der Waals surface area contributed by atoms with Crippen LogP contribution in [0.25, 0.3) is 0 Å². The van der Waals surface area contributed by atoms with E-state index in [0.717, 1.165) is 11.1 Å². The second-order valence-electron chi connectivity index (χ2n) is 5.24. The van der Waals surface area contributed by atoms with Crippen LogP contribution in [0, 0.1) is 0 Å². The Bertz CT molecular complexity index is 395. The molecule has 0 aliphatic carbocycles. The van der Waals surface area contributed by atoms with E-state index in [2.05, 4.69) is 5.32 Å². The van der Waals surface area contributed by atoms with Crippen LogP contribution in [0.4, 0.5) is 4.79 Å². The van der Waals surface area contributed by atoms with Crippen LogP contribution in [0.1, 0.15) is 44.9 Å². The number of halogens is 1. The van der Waals surface area contributed by atoms with Crippen LogP contribution in [0.3, 0.4) is 0 Å². The fraction of sp³-hybridized carbons (Fsp3) is 0.500. The van der Waals surface area contributed by atoms with Crippen LogP contribution in [-0.2, 0) is 10.6 Å². The van der Waals surface area contributed by atoms with E-state index >= 15 is 0 Å². The third kappa shape index (κ3) is 4.96. The first-order valence-corrected chi connectivity index (χ1v) is 6.49. The van der Waals surface area contributed by atoms with Gasteiger partial charge in [0.25, 0.3) is 0 Å². The minimum atomic E-state index is -0.480. The quantitative estimate of drug-likeness (QED) is 0.842. The molecular weight excluding hydrogens is 250 g/mol. The Morgan fingerprint density at radius 1 is 1.33 bits per heavy atom. The van der Waals surface area contributed by atoms with Gasteiger partial charge in [-0.05, 0) is 38.8 Å². The van der Waals surface area contributed by atoms with Crippen molar-refractivity contribution in [3.05, 3.63) is 35.4 Å². The van der Waals surface area contributed by atoms with Crippen LogP contribution in [0.5, 0.6) is 0 Å². The molecule has 1 aromatic carbocycles. The van der Waals surface area contributed by atoms with Crippen LogP contribution >= 0.6 is 11.6 Å². The molecule has 0 saturated carbocycles. The third-order valence-electron chi connectivity index (χ3n) is 2.37. The molecule has 0 radical (unpaired) electrons. The first kappa shape index (κ1) is 14.8. The number of amides is 1. The number of alkyl halides is 1. The molecule has 0 aliphatic heterocycles. The third-order valence-corrected chi connectivity index (χ3v) is 2.68. The molecule has 18 heavy (non-hydrogen) atoms. The summed E-state index contributed by atoms with van der Waals surface area (Å²) in [5.74, 6) is 0.494. The van der Waals surface area contributed by atoms with Crippen molar-refractivity contribution in [3.8, 4) is 0 Å². The lowest BCUT2D eigenvalue weighted by molar-refractivity contribution is 0.0508. The van der Waals surface area contributed by atoms with Gasteiger partial charge in [0, 0.05) is 5.88 Å². The molecule has 0 heterocycles. The summed E-state index contributed by atoms with van der Waals surface area (Å²) < 4.78 is 5.20. The number of benzene rings is 1. The lowest BCUT2D eigenvalue weighted by atomic mass is 10.1. The van der Waals surface area contributed by atoms with Crippen LogP contribution < -0.4 is 5.32 Å². The topological polar surface area (TPSA) is 38.3 Å². The Hall–Kier alpha value is -1.22. The molecule has 0 aromatic heterocycles. The van der Waals surface area contributed by atoms with Crippen molar-refractivity contribution >= 4 is 17.7 Å². The summed E-state index contributed by atoms with van der Waals surface area (Å²) >= 11 is 5.73. The van der Waals surface area contributed by atoms with Crippen LogP contribution in [0.2, 0.25) is 0 Å². The van der Waals surface area contributed by atoms with Gasteiger partial charge in [0.2, 0.25) is 0 Å². The molecule has 1 amide bonds. The van der Waals surface area contributed by atoms with E-state index in [0.29, 0.717) is 5.88 Å². The Morgan fingerprint density at radius 3 is 2.33 bits per heavy atom. The summed E-state index contributed by atoms with van der Waals surface area (Å²) in [5, 5.41) is 2.80. The van der Waals surface area contributed by atoms with Gasteiger partial charge in [-0.3, -0.25) is 0 Å². The number of nitrogens with one attached hydrogen (secondary N) is 1.